The smallest absolute Gasteiger partial charge is 0.0490 e. The molecule has 0 spiro atoms. The van der Waals surface area contributed by atoms with Crippen LogP contribution < -0.4 is 8.01 Å². The number of anilines is 2. The molecule has 0 saturated heterocycles. The lowest BCUT2D eigenvalue weighted by Gasteiger charge is -2.36. The van der Waals surface area contributed by atoms with Crippen LogP contribution in [0.4, 0.5) is 11.4 Å². The summed E-state index contributed by atoms with van der Waals surface area (Å²) in [5, 5.41) is 0. The third kappa shape index (κ3) is 3.73. The summed E-state index contributed by atoms with van der Waals surface area (Å²) >= 11 is -0.159. The molecule has 0 fully saturated rings. The zero-order valence-corrected chi connectivity index (χ0v) is 18.6. The van der Waals surface area contributed by atoms with Gasteiger partial charge in [0.15, 0.2) is 0 Å². The number of para-hydroxylation sites is 1. The molecule has 0 N–H and O–H groups in total. The molecule has 1 heterocycles. The maximum absolute atomic E-state index is 2.46. The van der Waals surface area contributed by atoms with Crippen LogP contribution in [0.3, 0.4) is 0 Å². The summed E-state index contributed by atoms with van der Waals surface area (Å²) in [6, 6.07) is 17.8. The Bertz CT molecular complexity index is 814. The van der Waals surface area contributed by atoms with E-state index in [-0.39, 0.29) is 26.4 Å². The molecule has 0 bridgehead atoms. The molecule has 3 rings (SSSR count). The van der Waals surface area contributed by atoms with Crippen molar-refractivity contribution in [3.05, 3.63) is 65.7 Å². The minimum atomic E-state index is -0.159. The van der Waals surface area contributed by atoms with Crippen molar-refractivity contribution >= 4 is 42.0 Å². The number of allylic oxidation sites excluding steroid dienone is 1. The highest BCUT2D eigenvalue weighted by atomic mass is 127. The van der Waals surface area contributed by atoms with Crippen molar-refractivity contribution in [3.8, 4) is 0 Å². The van der Waals surface area contributed by atoms with Crippen LogP contribution in [0.15, 0.2) is 54.6 Å². The number of halogens is 1. The first kappa shape index (κ1) is 19.2. The molecule has 1 aliphatic heterocycles. The van der Waals surface area contributed by atoms with E-state index >= 15 is 0 Å². The van der Waals surface area contributed by atoms with Crippen LogP contribution in [0, 0.1) is 0 Å². The molecule has 0 aliphatic carbocycles. The number of nitrogens with zero attached hydrogens (tertiary/aromatic N) is 2. The molecule has 0 radical (unpaired) electrons. The Hall–Kier alpha value is -1.62. The van der Waals surface area contributed by atoms with Gasteiger partial charge in [-0.1, -0.05) is 56.3 Å². The molecule has 3 heteroatoms. The van der Waals surface area contributed by atoms with Crippen molar-refractivity contribution in [1.82, 2.24) is 0 Å². The van der Waals surface area contributed by atoms with E-state index in [1.54, 1.807) is 3.51 Å². The largest absolute Gasteiger partial charge is 0.372 e. The van der Waals surface area contributed by atoms with Crippen molar-refractivity contribution < 1.29 is 0 Å². The molecule has 0 atom stereocenters. The normalized spacial score (nSPS) is 16.0. The van der Waals surface area contributed by atoms with E-state index in [2.05, 4.69) is 103 Å². The summed E-state index contributed by atoms with van der Waals surface area (Å²) in [6.45, 7) is 11.2. The van der Waals surface area contributed by atoms with Crippen molar-refractivity contribution in [3.63, 3.8) is 0 Å². The summed E-state index contributed by atoms with van der Waals surface area (Å²) < 4.78 is 4.02. The Kier molecular flexibility index (Phi) is 5.86. The summed E-state index contributed by atoms with van der Waals surface area (Å²) in [6.07, 6.45) is 4.65. The van der Waals surface area contributed by atoms with Gasteiger partial charge >= 0.3 is 0 Å². The summed E-state index contributed by atoms with van der Waals surface area (Å²) in [7, 11) is 2.23. The van der Waals surface area contributed by atoms with Gasteiger partial charge in [-0.15, -0.1) is 0 Å². The predicted molar refractivity (Wildman–Crippen MR) is 126 cm³/mol. The summed E-state index contributed by atoms with van der Waals surface area (Å²) in [5.41, 5.74) is 5.51. The van der Waals surface area contributed by atoms with E-state index in [0.29, 0.717) is 0 Å². The second-order valence-corrected chi connectivity index (χ2v) is 10.2. The van der Waals surface area contributed by atoms with E-state index in [0.717, 1.165) is 13.1 Å². The van der Waals surface area contributed by atoms with Crippen LogP contribution in [0.2, 0.25) is 0 Å². The van der Waals surface area contributed by atoms with Crippen molar-refractivity contribution in [1.29, 1.82) is 0 Å². The van der Waals surface area contributed by atoms with E-state index in [1.807, 2.05) is 0 Å². The lowest BCUT2D eigenvalue weighted by Crippen LogP contribution is -2.32. The molecule has 26 heavy (non-hydrogen) atoms. The fourth-order valence-electron chi connectivity index (χ4n) is 3.48. The number of benzene rings is 2. The zero-order chi connectivity index (χ0) is 18.7. The van der Waals surface area contributed by atoms with E-state index < -0.39 is 0 Å². The second kappa shape index (κ2) is 7.95. The first-order valence-corrected chi connectivity index (χ1v) is 11.4. The van der Waals surface area contributed by atoms with Gasteiger partial charge in [-0.25, -0.2) is 0 Å². The van der Waals surface area contributed by atoms with Gasteiger partial charge in [-0.3, -0.25) is 0 Å². The Morgan fingerprint density at radius 2 is 1.62 bits per heavy atom. The predicted octanol–water partition coefficient (Wildman–Crippen LogP) is 6.03. The van der Waals surface area contributed by atoms with Gasteiger partial charge in [-0.05, 0) is 43.2 Å². The Morgan fingerprint density at radius 1 is 0.962 bits per heavy atom. The quantitative estimate of drug-likeness (QED) is 0.397. The van der Waals surface area contributed by atoms with Crippen molar-refractivity contribution in [2.75, 3.05) is 28.2 Å². The van der Waals surface area contributed by atoms with Gasteiger partial charge in [0.2, 0.25) is 0 Å². The van der Waals surface area contributed by atoms with Crippen LogP contribution in [-0.4, -0.2) is 23.6 Å². The highest BCUT2D eigenvalue weighted by Crippen LogP contribution is 2.42. The number of rotatable bonds is 5. The molecule has 1 aliphatic rings. The summed E-state index contributed by atoms with van der Waals surface area (Å²) in [4.78, 5) is 2.38. The van der Waals surface area contributed by atoms with Gasteiger partial charge in [-0.2, -0.15) is 0 Å². The Labute approximate surface area is 168 Å². The highest BCUT2D eigenvalue weighted by Gasteiger charge is 2.32. The highest BCUT2D eigenvalue weighted by molar-refractivity contribution is 14.2. The van der Waals surface area contributed by atoms with Crippen LogP contribution in [0.5, 0.6) is 0 Å². The Balaban J connectivity index is 1.84. The minimum Gasteiger partial charge on any atom is -0.372 e. The van der Waals surface area contributed by atoms with Gasteiger partial charge in [0.25, 0.3) is 0 Å². The van der Waals surface area contributed by atoms with E-state index in [1.165, 1.54) is 22.5 Å². The lowest BCUT2D eigenvalue weighted by atomic mass is 9.80. The monoisotopic (exact) mass is 460 g/mol. The van der Waals surface area contributed by atoms with Crippen molar-refractivity contribution in [2.45, 2.75) is 33.1 Å². The molecule has 0 amide bonds. The van der Waals surface area contributed by atoms with Crippen LogP contribution in [0.25, 0.3) is 6.08 Å². The minimum absolute atomic E-state index is 0.105. The van der Waals surface area contributed by atoms with Crippen LogP contribution in [-0.2, 0) is 5.41 Å². The third-order valence-electron chi connectivity index (χ3n) is 5.17. The number of hydrogen-bond acceptors (Lipinski definition) is 2. The molecular formula is C23H29IN2. The average Bonchev–Trinajstić information content (AvgIpc) is 2.66. The van der Waals surface area contributed by atoms with Crippen molar-refractivity contribution in [2.24, 2.45) is 0 Å². The van der Waals surface area contributed by atoms with E-state index in [4.69, 9.17) is 0 Å². The van der Waals surface area contributed by atoms with Gasteiger partial charge in [0.05, 0.1) is 0 Å². The van der Waals surface area contributed by atoms with Gasteiger partial charge in [0.1, 0.15) is 0 Å². The number of hydrogen-bond donors (Lipinski definition) is 0. The maximum Gasteiger partial charge on any atom is 0.0490 e. The standard InChI is InChI=1S/C23H29IN2/c1-6-26(7-2)19-15-12-18(13-16-19)14-17-22-23(3,4)20-10-8-9-11-21(20)25(5)24-22/h8-17H,6-7H2,1-5H3/b17-14+. The molecule has 0 saturated carbocycles. The second-order valence-electron chi connectivity index (χ2n) is 7.15. The Morgan fingerprint density at radius 3 is 2.27 bits per heavy atom. The maximum atomic E-state index is 2.46. The molecule has 138 valence electrons. The first-order chi connectivity index (χ1) is 12.5. The molecule has 0 unspecified atom stereocenters. The van der Waals surface area contributed by atoms with E-state index in [9.17, 15) is 0 Å². The van der Waals surface area contributed by atoms with Crippen LogP contribution >= 0.6 is 21.0 Å². The fraction of sp³-hybridized carbons (Fsp3) is 0.348. The molecule has 2 aromatic carbocycles. The third-order valence-corrected chi connectivity index (χ3v) is 8.64. The van der Waals surface area contributed by atoms with Crippen LogP contribution in [0.1, 0.15) is 38.8 Å². The summed E-state index contributed by atoms with van der Waals surface area (Å²) in [5.74, 6) is 0. The lowest BCUT2D eigenvalue weighted by molar-refractivity contribution is 0.733. The van der Waals surface area contributed by atoms with Gasteiger partial charge < -0.3 is 8.01 Å². The molecule has 0 aromatic heterocycles. The first-order valence-electron chi connectivity index (χ1n) is 9.36. The molecular weight excluding hydrogens is 431 g/mol. The topological polar surface area (TPSA) is 6.48 Å². The fourth-order valence-corrected chi connectivity index (χ4v) is 6.17. The SMILES string of the molecule is CCN(CC)c1ccc(/C=C/C2=IN(C)c3ccccc3C2(C)C)cc1. The number of fused-ring (bicyclic) bond motifs is 1. The average molecular weight is 460 g/mol. The van der Waals surface area contributed by atoms with Gasteiger partial charge in [0, 0.05) is 61.4 Å². The molecule has 2 aromatic rings. The zero-order valence-electron chi connectivity index (χ0n) is 16.5. The molecule has 2 nitrogen and oxygen atoms in total.